The molecule has 0 fully saturated rings. The number of hydrogen-bond donors (Lipinski definition) is 2. The van der Waals surface area contributed by atoms with Gasteiger partial charge in [0.2, 0.25) is 0 Å². The van der Waals surface area contributed by atoms with Gasteiger partial charge < -0.3 is 9.55 Å². The molecule has 12 heteroatoms. The molecule has 29 heavy (non-hydrogen) atoms. The van der Waals surface area contributed by atoms with E-state index in [1.54, 1.807) is 0 Å². The Labute approximate surface area is 170 Å². The van der Waals surface area contributed by atoms with Crippen LogP contribution in [0.5, 0.6) is 0 Å². The molecule has 148 valence electrons. The highest BCUT2D eigenvalue weighted by atomic mass is 35.5. The number of alkyl halides is 3. The van der Waals surface area contributed by atoms with E-state index in [0.29, 0.717) is 15.6 Å². The van der Waals surface area contributed by atoms with Gasteiger partial charge >= 0.3 is 6.18 Å². The molecule has 0 aromatic carbocycles. The average molecular weight is 440 g/mol. The Bertz CT molecular complexity index is 1260. The zero-order valence-electron chi connectivity index (χ0n) is 14.3. The molecule has 2 N–H and O–H groups in total. The molecule has 4 rings (SSSR count). The van der Waals surface area contributed by atoms with Crippen LogP contribution in [0, 0.1) is 5.41 Å². The van der Waals surface area contributed by atoms with Gasteiger partial charge in [0.05, 0.1) is 28.5 Å². The van der Waals surface area contributed by atoms with Gasteiger partial charge in [-0.2, -0.15) is 13.2 Å². The van der Waals surface area contributed by atoms with E-state index in [1.807, 2.05) is 0 Å². The summed E-state index contributed by atoms with van der Waals surface area (Å²) in [6, 6.07) is 0.868. The highest BCUT2D eigenvalue weighted by Gasteiger charge is 2.34. The number of hydrogen-bond acceptors (Lipinski definition) is 5. The third kappa shape index (κ3) is 3.56. The highest BCUT2D eigenvalue weighted by molar-refractivity contribution is 6.35. The van der Waals surface area contributed by atoms with Gasteiger partial charge in [-0.15, -0.1) is 0 Å². The number of nitrogens with one attached hydrogen (secondary N) is 2. The predicted octanol–water partition coefficient (Wildman–Crippen LogP) is 4.07. The number of pyridine rings is 2. The summed E-state index contributed by atoms with van der Waals surface area (Å²) in [5, 5.41) is 8.61. The Kier molecular flexibility index (Phi) is 4.75. The van der Waals surface area contributed by atoms with Crippen LogP contribution in [-0.2, 0) is 12.7 Å². The number of rotatable bonds is 3. The summed E-state index contributed by atoms with van der Waals surface area (Å²) in [6.07, 6.45) is 1.73. The lowest BCUT2D eigenvalue weighted by molar-refractivity contribution is -0.137. The smallest absolute Gasteiger partial charge is 0.333 e. The van der Waals surface area contributed by atoms with E-state index in [-0.39, 0.29) is 34.6 Å². The third-order valence-corrected chi connectivity index (χ3v) is 4.83. The van der Waals surface area contributed by atoms with Crippen LogP contribution >= 0.6 is 23.2 Å². The summed E-state index contributed by atoms with van der Waals surface area (Å²) >= 11 is 12.3. The van der Waals surface area contributed by atoms with E-state index in [4.69, 9.17) is 28.6 Å². The molecule has 0 aliphatic heterocycles. The van der Waals surface area contributed by atoms with Crippen molar-refractivity contribution in [3.63, 3.8) is 0 Å². The van der Waals surface area contributed by atoms with Gasteiger partial charge in [0, 0.05) is 35.9 Å². The predicted molar refractivity (Wildman–Crippen MR) is 99.3 cm³/mol. The maximum Gasteiger partial charge on any atom is 0.417 e. The average Bonchev–Trinajstić information content (AvgIpc) is 3.12. The first-order valence-corrected chi connectivity index (χ1v) is 8.80. The summed E-state index contributed by atoms with van der Waals surface area (Å²) < 4.78 is 41.6. The van der Waals surface area contributed by atoms with Crippen LogP contribution in [0.15, 0.2) is 37.2 Å². The Morgan fingerprint density at radius 1 is 1.10 bits per heavy atom. The first-order valence-electron chi connectivity index (χ1n) is 8.05. The second-order valence-electron chi connectivity index (χ2n) is 6.01. The maximum atomic E-state index is 13.4. The van der Waals surface area contributed by atoms with Crippen LogP contribution in [0.1, 0.15) is 11.1 Å². The van der Waals surface area contributed by atoms with Crippen molar-refractivity contribution in [3.05, 3.63) is 63.8 Å². The number of aromatic amines is 1. The van der Waals surface area contributed by atoms with Crippen molar-refractivity contribution in [1.29, 1.82) is 5.41 Å². The Morgan fingerprint density at radius 3 is 2.52 bits per heavy atom. The first-order chi connectivity index (χ1) is 13.8. The van der Waals surface area contributed by atoms with Crippen molar-refractivity contribution >= 4 is 34.4 Å². The largest absolute Gasteiger partial charge is 0.417 e. The third-order valence-electron chi connectivity index (χ3n) is 4.18. The second-order valence-corrected chi connectivity index (χ2v) is 6.82. The van der Waals surface area contributed by atoms with Gasteiger partial charge in [0.15, 0.2) is 11.1 Å². The van der Waals surface area contributed by atoms with Crippen molar-refractivity contribution in [3.8, 4) is 11.4 Å². The fraction of sp³-hybridized carbons (Fsp3) is 0.118. The molecule has 0 amide bonds. The molecule has 0 saturated heterocycles. The van der Waals surface area contributed by atoms with Crippen molar-refractivity contribution < 1.29 is 13.2 Å². The lowest BCUT2D eigenvalue weighted by Crippen LogP contribution is -2.13. The minimum absolute atomic E-state index is 0.0809. The number of nitrogens with zero attached hydrogens (tertiary/aromatic N) is 5. The number of aromatic nitrogens is 6. The van der Waals surface area contributed by atoms with Gasteiger partial charge in [-0.05, 0) is 6.07 Å². The van der Waals surface area contributed by atoms with E-state index in [9.17, 15) is 13.2 Å². The zero-order chi connectivity index (χ0) is 20.8. The molecule has 0 aliphatic carbocycles. The van der Waals surface area contributed by atoms with Crippen LogP contribution in [0.4, 0.5) is 13.2 Å². The Balaban J connectivity index is 1.89. The van der Waals surface area contributed by atoms with E-state index in [2.05, 4.69) is 24.9 Å². The van der Waals surface area contributed by atoms with Crippen LogP contribution in [0.2, 0.25) is 10.0 Å². The van der Waals surface area contributed by atoms with E-state index < -0.39 is 11.7 Å². The molecule has 0 atom stereocenters. The standard InChI is InChI=1S/C17H10Cl2F3N7/c18-11-4-25-5-12(19)9(11)6-29-7-26-14(23)13-16(29)28-15(27-13)8-3-24-2-1-10(8)17(20,21)22/h1-5,7,23H,6H2,(H,27,28). The molecule has 0 radical (unpaired) electrons. The molecule has 7 nitrogen and oxygen atoms in total. The quantitative estimate of drug-likeness (QED) is 0.502. The van der Waals surface area contributed by atoms with Crippen molar-refractivity contribution in [2.45, 2.75) is 12.7 Å². The van der Waals surface area contributed by atoms with Crippen LogP contribution in [-0.4, -0.2) is 29.5 Å². The van der Waals surface area contributed by atoms with E-state index >= 15 is 0 Å². The lowest BCUT2D eigenvalue weighted by Gasteiger charge is -2.10. The zero-order valence-corrected chi connectivity index (χ0v) is 15.8. The molecule has 0 bridgehead atoms. The summed E-state index contributed by atoms with van der Waals surface area (Å²) in [4.78, 5) is 18.6. The normalized spacial score (nSPS) is 11.9. The highest BCUT2D eigenvalue weighted by Crippen LogP contribution is 2.35. The molecular weight excluding hydrogens is 430 g/mol. The summed E-state index contributed by atoms with van der Waals surface area (Å²) in [7, 11) is 0. The molecule has 4 aromatic rings. The summed E-state index contributed by atoms with van der Waals surface area (Å²) in [5.74, 6) is -0.0809. The fourth-order valence-electron chi connectivity index (χ4n) is 2.82. The van der Waals surface area contributed by atoms with Crippen molar-refractivity contribution in [2.24, 2.45) is 0 Å². The van der Waals surface area contributed by atoms with Crippen molar-refractivity contribution in [2.75, 3.05) is 0 Å². The number of fused-ring (bicyclic) bond motifs is 1. The number of imidazole rings is 1. The molecule has 0 aliphatic rings. The number of H-pyrrole nitrogens is 1. The van der Waals surface area contributed by atoms with Crippen LogP contribution < -0.4 is 5.49 Å². The molecule has 4 aromatic heterocycles. The van der Waals surface area contributed by atoms with Gasteiger partial charge in [-0.25, -0.2) is 9.97 Å². The molecule has 0 spiro atoms. The second kappa shape index (κ2) is 7.12. The topological polar surface area (TPSA) is 96.1 Å². The van der Waals surface area contributed by atoms with Gasteiger partial charge in [-0.1, -0.05) is 23.2 Å². The lowest BCUT2D eigenvalue weighted by atomic mass is 10.1. The molecule has 4 heterocycles. The van der Waals surface area contributed by atoms with Crippen LogP contribution in [0.3, 0.4) is 0 Å². The first kappa shape index (κ1) is 19.3. The number of halogens is 5. The fourth-order valence-corrected chi connectivity index (χ4v) is 3.30. The summed E-state index contributed by atoms with van der Waals surface area (Å²) in [5.41, 5.74) is -0.364. The minimum Gasteiger partial charge on any atom is -0.333 e. The monoisotopic (exact) mass is 439 g/mol. The van der Waals surface area contributed by atoms with E-state index in [1.165, 1.54) is 23.3 Å². The van der Waals surface area contributed by atoms with Gasteiger partial charge in [0.1, 0.15) is 11.3 Å². The van der Waals surface area contributed by atoms with E-state index in [0.717, 1.165) is 18.5 Å². The van der Waals surface area contributed by atoms with Gasteiger partial charge in [-0.3, -0.25) is 15.4 Å². The Hall–Kier alpha value is -2.98. The van der Waals surface area contributed by atoms with Crippen molar-refractivity contribution in [1.82, 2.24) is 29.5 Å². The minimum atomic E-state index is -4.59. The molecule has 0 saturated carbocycles. The molecular formula is C17H10Cl2F3N7. The Morgan fingerprint density at radius 2 is 1.83 bits per heavy atom. The van der Waals surface area contributed by atoms with Crippen LogP contribution in [0.25, 0.3) is 22.6 Å². The van der Waals surface area contributed by atoms with Gasteiger partial charge in [0.25, 0.3) is 0 Å². The SMILES string of the molecule is N=c1ncn(Cc2c(Cl)cncc2Cl)c2nc(-c3cnccc3C(F)(F)F)[nH]c12. The molecule has 0 unspecified atom stereocenters. The maximum absolute atomic E-state index is 13.4. The summed E-state index contributed by atoms with van der Waals surface area (Å²) in [6.45, 7) is 0.132.